The van der Waals surface area contributed by atoms with Crippen LogP contribution >= 0.6 is 0 Å². The lowest BCUT2D eigenvalue weighted by molar-refractivity contribution is 0.145. The van der Waals surface area contributed by atoms with E-state index in [1.807, 2.05) is 0 Å². The number of nitrogens with zero attached hydrogens (tertiary/aromatic N) is 2. The van der Waals surface area contributed by atoms with Gasteiger partial charge in [-0.1, -0.05) is 0 Å². The number of aryl methyl sites for hydroxylation is 1. The second-order valence-corrected chi connectivity index (χ2v) is 4.12. The molecular weight excluding hydrogens is 212 g/mol. The first-order valence-corrected chi connectivity index (χ1v) is 5.51. The van der Waals surface area contributed by atoms with Crippen molar-refractivity contribution in [2.45, 2.75) is 32.1 Å². The average Bonchev–Trinajstić information content (AvgIpc) is 2.29. The van der Waals surface area contributed by atoms with E-state index in [9.17, 15) is 8.78 Å². The van der Waals surface area contributed by atoms with Gasteiger partial charge in [-0.3, -0.25) is 0 Å². The molecule has 2 rings (SSSR count). The molecule has 1 aliphatic heterocycles. The van der Waals surface area contributed by atoms with Gasteiger partial charge in [-0.2, -0.15) is 0 Å². The summed E-state index contributed by atoms with van der Waals surface area (Å²) in [6.45, 7) is 3.55. The Hall–Kier alpha value is -1.10. The zero-order valence-electron chi connectivity index (χ0n) is 9.21. The molecule has 0 atom stereocenters. The summed E-state index contributed by atoms with van der Waals surface area (Å²) >= 11 is 0. The van der Waals surface area contributed by atoms with Crippen molar-refractivity contribution >= 4 is 0 Å². The Morgan fingerprint density at radius 2 is 2.00 bits per heavy atom. The first-order chi connectivity index (χ1) is 7.66. The molecule has 16 heavy (non-hydrogen) atoms. The van der Waals surface area contributed by atoms with Gasteiger partial charge in [0.1, 0.15) is 11.5 Å². The molecule has 1 aromatic heterocycles. The Labute approximate surface area is 93.3 Å². The lowest BCUT2D eigenvalue weighted by atomic mass is 9.97. The van der Waals surface area contributed by atoms with Crippen molar-refractivity contribution in [1.82, 2.24) is 15.3 Å². The number of aromatic nitrogens is 2. The number of halogens is 2. The predicted molar refractivity (Wildman–Crippen MR) is 56.6 cm³/mol. The summed E-state index contributed by atoms with van der Waals surface area (Å²) in [5, 5.41) is 3.23. The fourth-order valence-electron chi connectivity index (χ4n) is 1.99. The standard InChI is InChI=1S/C11H15F2N3/c1-7-6-9(10(12)13)16-11(15-7)8-2-4-14-5-3-8/h6,8,10,14H,2-5H2,1H3. The Morgan fingerprint density at radius 1 is 1.31 bits per heavy atom. The zero-order chi connectivity index (χ0) is 11.5. The maximum Gasteiger partial charge on any atom is 0.280 e. The van der Waals surface area contributed by atoms with E-state index >= 15 is 0 Å². The smallest absolute Gasteiger partial charge is 0.280 e. The highest BCUT2D eigenvalue weighted by molar-refractivity contribution is 5.13. The molecule has 0 aromatic carbocycles. The molecule has 88 valence electrons. The molecule has 1 saturated heterocycles. The summed E-state index contributed by atoms with van der Waals surface area (Å²) in [4.78, 5) is 8.24. The highest BCUT2D eigenvalue weighted by Crippen LogP contribution is 2.25. The van der Waals surface area contributed by atoms with Crippen LogP contribution in [0.3, 0.4) is 0 Å². The van der Waals surface area contributed by atoms with E-state index < -0.39 is 6.43 Å². The van der Waals surface area contributed by atoms with Crippen LogP contribution in [0.1, 0.15) is 42.4 Å². The Bertz CT molecular complexity index is 362. The Kier molecular flexibility index (Phi) is 3.43. The normalized spacial score (nSPS) is 18.0. The molecule has 1 aliphatic rings. The lowest BCUT2D eigenvalue weighted by Gasteiger charge is -2.21. The van der Waals surface area contributed by atoms with Crippen molar-refractivity contribution in [2.24, 2.45) is 0 Å². The van der Waals surface area contributed by atoms with E-state index in [-0.39, 0.29) is 11.6 Å². The quantitative estimate of drug-likeness (QED) is 0.841. The van der Waals surface area contributed by atoms with Gasteiger partial charge in [0, 0.05) is 11.6 Å². The van der Waals surface area contributed by atoms with Gasteiger partial charge in [-0.05, 0) is 38.9 Å². The highest BCUT2D eigenvalue weighted by atomic mass is 19.3. The third-order valence-electron chi connectivity index (χ3n) is 2.82. The number of hydrogen-bond acceptors (Lipinski definition) is 3. The third-order valence-corrected chi connectivity index (χ3v) is 2.82. The molecule has 3 nitrogen and oxygen atoms in total. The van der Waals surface area contributed by atoms with Crippen molar-refractivity contribution in [2.75, 3.05) is 13.1 Å². The van der Waals surface area contributed by atoms with Gasteiger partial charge in [0.05, 0.1) is 0 Å². The van der Waals surface area contributed by atoms with Crippen LogP contribution < -0.4 is 5.32 Å². The fraction of sp³-hybridized carbons (Fsp3) is 0.636. The van der Waals surface area contributed by atoms with Crippen molar-refractivity contribution < 1.29 is 8.78 Å². The van der Waals surface area contributed by atoms with E-state index in [0.29, 0.717) is 11.5 Å². The highest BCUT2D eigenvalue weighted by Gasteiger charge is 2.20. The van der Waals surface area contributed by atoms with Gasteiger partial charge in [0.25, 0.3) is 6.43 Å². The maximum absolute atomic E-state index is 12.6. The lowest BCUT2D eigenvalue weighted by Crippen LogP contribution is -2.27. The van der Waals surface area contributed by atoms with Crippen molar-refractivity contribution in [1.29, 1.82) is 0 Å². The van der Waals surface area contributed by atoms with E-state index in [1.165, 1.54) is 6.07 Å². The first kappa shape index (κ1) is 11.4. The summed E-state index contributed by atoms with van der Waals surface area (Å²) in [6.07, 6.45) is -0.666. The van der Waals surface area contributed by atoms with Crippen LogP contribution in [0.5, 0.6) is 0 Å². The number of hydrogen-bond donors (Lipinski definition) is 1. The van der Waals surface area contributed by atoms with Gasteiger partial charge in [0.15, 0.2) is 0 Å². The monoisotopic (exact) mass is 227 g/mol. The van der Waals surface area contributed by atoms with Crippen LogP contribution in [0.2, 0.25) is 0 Å². The molecular formula is C11H15F2N3. The molecule has 1 aromatic rings. The Balaban J connectivity index is 2.25. The minimum absolute atomic E-state index is 0.152. The van der Waals surface area contributed by atoms with E-state index in [1.54, 1.807) is 6.92 Å². The second-order valence-electron chi connectivity index (χ2n) is 4.12. The number of piperidine rings is 1. The van der Waals surface area contributed by atoms with Gasteiger partial charge >= 0.3 is 0 Å². The zero-order valence-corrected chi connectivity index (χ0v) is 9.21. The average molecular weight is 227 g/mol. The molecule has 1 fully saturated rings. The molecule has 2 heterocycles. The van der Waals surface area contributed by atoms with Crippen LogP contribution in [0.25, 0.3) is 0 Å². The SMILES string of the molecule is Cc1cc(C(F)F)nc(C2CCNCC2)n1. The van der Waals surface area contributed by atoms with Crippen molar-refractivity contribution in [3.05, 3.63) is 23.3 Å². The molecule has 0 amide bonds. The van der Waals surface area contributed by atoms with Gasteiger partial charge in [-0.15, -0.1) is 0 Å². The van der Waals surface area contributed by atoms with Crippen LogP contribution in [-0.4, -0.2) is 23.1 Å². The molecule has 5 heteroatoms. The van der Waals surface area contributed by atoms with E-state index in [2.05, 4.69) is 15.3 Å². The maximum atomic E-state index is 12.6. The van der Waals surface area contributed by atoms with Gasteiger partial charge in [0.2, 0.25) is 0 Å². The molecule has 0 saturated carbocycles. The third kappa shape index (κ3) is 2.52. The van der Waals surface area contributed by atoms with E-state index in [4.69, 9.17) is 0 Å². The summed E-state index contributed by atoms with van der Waals surface area (Å²) in [5.74, 6) is 0.801. The molecule has 0 radical (unpaired) electrons. The molecule has 0 bridgehead atoms. The predicted octanol–water partition coefficient (Wildman–Crippen LogP) is 2.19. The van der Waals surface area contributed by atoms with Crippen molar-refractivity contribution in [3.8, 4) is 0 Å². The number of nitrogens with one attached hydrogen (secondary N) is 1. The van der Waals surface area contributed by atoms with Gasteiger partial charge < -0.3 is 5.32 Å². The molecule has 0 aliphatic carbocycles. The minimum atomic E-state index is -2.51. The Morgan fingerprint density at radius 3 is 2.62 bits per heavy atom. The second kappa shape index (κ2) is 4.82. The van der Waals surface area contributed by atoms with Crippen molar-refractivity contribution in [3.63, 3.8) is 0 Å². The van der Waals surface area contributed by atoms with Crippen LogP contribution in [0, 0.1) is 6.92 Å². The van der Waals surface area contributed by atoms with E-state index in [0.717, 1.165) is 25.9 Å². The number of alkyl halides is 2. The summed E-state index contributed by atoms with van der Waals surface area (Å²) in [7, 11) is 0. The largest absolute Gasteiger partial charge is 0.317 e. The molecule has 1 N–H and O–H groups in total. The summed E-state index contributed by atoms with van der Waals surface area (Å²) < 4.78 is 25.2. The molecule has 0 spiro atoms. The van der Waals surface area contributed by atoms with Crippen LogP contribution in [-0.2, 0) is 0 Å². The minimum Gasteiger partial charge on any atom is -0.317 e. The van der Waals surface area contributed by atoms with Crippen LogP contribution in [0.4, 0.5) is 8.78 Å². The fourth-order valence-corrected chi connectivity index (χ4v) is 1.99. The first-order valence-electron chi connectivity index (χ1n) is 5.51. The molecule has 0 unspecified atom stereocenters. The van der Waals surface area contributed by atoms with Crippen LogP contribution in [0.15, 0.2) is 6.07 Å². The summed E-state index contributed by atoms with van der Waals surface area (Å²) in [6, 6.07) is 1.36. The van der Waals surface area contributed by atoms with Gasteiger partial charge in [-0.25, -0.2) is 18.7 Å². The topological polar surface area (TPSA) is 37.8 Å². The summed E-state index contributed by atoms with van der Waals surface area (Å²) in [5.41, 5.74) is 0.472. The number of rotatable bonds is 2.